The molecule has 2 rings (SSSR count). The Hall–Kier alpha value is -3.22. The van der Waals surface area contributed by atoms with E-state index in [-0.39, 0.29) is 5.56 Å². The van der Waals surface area contributed by atoms with Gasteiger partial charge >= 0.3 is 0 Å². The molecule has 0 atom stereocenters. The molecule has 23 heavy (non-hydrogen) atoms. The summed E-state index contributed by atoms with van der Waals surface area (Å²) in [6.07, 6.45) is 2.57. The van der Waals surface area contributed by atoms with Crippen LogP contribution in [-0.4, -0.2) is 17.0 Å². The van der Waals surface area contributed by atoms with Gasteiger partial charge in [0.15, 0.2) is 23.3 Å². The zero-order valence-corrected chi connectivity index (χ0v) is 11.8. The second-order valence-electron chi connectivity index (χ2n) is 4.61. The first-order valence-electron chi connectivity index (χ1n) is 6.49. The number of carbonyl (C=O) groups excluding carboxylic acids is 1. The van der Waals surface area contributed by atoms with Crippen LogP contribution in [0.1, 0.15) is 5.56 Å². The summed E-state index contributed by atoms with van der Waals surface area (Å²) in [6.45, 7) is 0. The van der Waals surface area contributed by atoms with Crippen molar-refractivity contribution in [3.05, 3.63) is 59.7 Å². The SMILES string of the molecule is N=C(N)NC(=O)/C=C/c1ccccc1-c1cc(F)c(O)c(F)c1. The fourth-order valence-corrected chi connectivity index (χ4v) is 1.97. The lowest BCUT2D eigenvalue weighted by molar-refractivity contribution is -0.115. The number of halogens is 2. The minimum atomic E-state index is -1.08. The minimum Gasteiger partial charge on any atom is -0.503 e. The van der Waals surface area contributed by atoms with Crippen molar-refractivity contribution in [2.24, 2.45) is 5.73 Å². The van der Waals surface area contributed by atoms with Gasteiger partial charge in [0.25, 0.3) is 5.91 Å². The van der Waals surface area contributed by atoms with E-state index in [2.05, 4.69) is 5.32 Å². The van der Waals surface area contributed by atoms with Crippen LogP contribution in [0.2, 0.25) is 0 Å². The molecule has 1 amide bonds. The fraction of sp³-hybridized carbons (Fsp3) is 0. The Balaban J connectivity index is 2.40. The van der Waals surface area contributed by atoms with Crippen molar-refractivity contribution in [1.82, 2.24) is 5.32 Å². The third kappa shape index (κ3) is 3.91. The Morgan fingerprint density at radius 3 is 2.43 bits per heavy atom. The van der Waals surface area contributed by atoms with Crippen LogP contribution in [0.5, 0.6) is 5.75 Å². The summed E-state index contributed by atoms with van der Waals surface area (Å²) in [5.74, 6) is -4.28. The van der Waals surface area contributed by atoms with Gasteiger partial charge in [0.1, 0.15) is 0 Å². The number of benzene rings is 2. The molecule has 0 radical (unpaired) electrons. The first-order chi connectivity index (χ1) is 10.9. The lowest BCUT2D eigenvalue weighted by Crippen LogP contribution is -2.34. The molecule has 7 heteroatoms. The normalized spacial score (nSPS) is 10.7. The van der Waals surface area contributed by atoms with Crippen LogP contribution in [0, 0.1) is 17.0 Å². The molecule has 5 N–H and O–H groups in total. The molecule has 0 fully saturated rings. The van der Waals surface area contributed by atoms with Gasteiger partial charge in [0.2, 0.25) is 0 Å². The largest absolute Gasteiger partial charge is 0.503 e. The number of hydrogen-bond acceptors (Lipinski definition) is 3. The van der Waals surface area contributed by atoms with Gasteiger partial charge in [-0.25, -0.2) is 8.78 Å². The summed E-state index contributed by atoms with van der Waals surface area (Å²) in [5.41, 5.74) is 6.25. The van der Waals surface area contributed by atoms with Gasteiger partial charge in [-0.15, -0.1) is 0 Å². The zero-order chi connectivity index (χ0) is 17.0. The molecular weight excluding hydrogens is 304 g/mol. The number of nitrogens with two attached hydrogens (primary N) is 1. The van der Waals surface area contributed by atoms with E-state index < -0.39 is 29.3 Å². The second kappa shape index (κ2) is 6.69. The van der Waals surface area contributed by atoms with E-state index >= 15 is 0 Å². The maximum atomic E-state index is 13.5. The quantitative estimate of drug-likeness (QED) is 0.397. The van der Waals surface area contributed by atoms with Crippen LogP contribution >= 0.6 is 0 Å². The van der Waals surface area contributed by atoms with Gasteiger partial charge in [0, 0.05) is 6.08 Å². The molecule has 5 nitrogen and oxygen atoms in total. The zero-order valence-electron chi connectivity index (χ0n) is 11.8. The van der Waals surface area contributed by atoms with Gasteiger partial charge in [-0.3, -0.25) is 15.5 Å². The van der Waals surface area contributed by atoms with Gasteiger partial charge in [-0.05, 0) is 34.9 Å². The first-order valence-corrected chi connectivity index (χ1v) is 6.49. The summed E-state index contributed by atoms with van der Waals surface area (Å²) in [7, 11) is 0. The number of phenols is 1. The molecule has 0 aromatic heterocycles. The maximum Gasteiger partial charge on any atom is 0.250 e. The number of guanidine groups is 1. The number of phenolic OH excluding ortho intramolecular Hbond substituents is 1. The minimum absolute atomic E-state index is 0.213. The Morgan fingerprint density at radius 1 is 1.22 bits per heavy atom. The topological polar surface area (TPSA) is 99.2 Å². The highest BCUT2D eigenvalue weighted by atomic mass is 19.1. The Kier molecular flexibility index (Phi) is 4.70. The molecule has 0 saturated carbocycles. The van der Waals surface area contributed by atoms with E-state index in [9.17, 15) is 13.6 Å². The van der Waals surface area contributed by atoms with Gasteiger partial charge in [0.05, 0.1) is 0 Å². The van der Waals surface area contributed by atoms with Crippen molar-refractivity contribution in [2.45, 2.75) is 0 Å². The molecule has 0 aliphatic heterocycles. The average molecular weight is 317 g/mol. The third-order valence-corrected chi connectivity index (χ3v) is 2.96. The molecule has 0 heterocycles. The summed E-state index contributed by atoms with van der Waals surface area (Å²) in [6, 6.07) is 8.63. The smallest absolute Gasteiger partial charge is 0.250 e. The van der Waals surface area contributed by atoms with Crippen molar-refractivity contribution in [3.63, 3.8) is 0 Å². The van der Waals surface area contributed by atoms with Crippen molar-refractivity contribution < 1.29 is 18.7 Å². The third-order valence-electron chi connectivity index (χ3n) is 2.96. The summed E-state index contributed by atoms with van der Waals surface area (Å²) in [5, 5.41) is 18.2. The Bertz CT molecular complexity index is 781. The van der Waals surface area contributed by atoms with Crippen LogP contribution in [0.4, 0.5) is 8.78 Å². The summed E-state index contributed by atoms with van der Waals surface area (Å²) in [4.78, 5) is 11.5. The average Bonchev–Trinajstić information content (AvgIpc) is 2.50. The molecule has 0 saturated heterocycles. The van der Waals surface area contributed by atoms with Gasteiger partial charge in [-0.2, -0.15) is 0 Å². The highest BCUT2D eigenvalue weighted by Gasteiger charge is 2.12. The van der Waals surface area contributed by atoms with E-state index in [1.54, 1.807) is 24.3 Å². The Morgan fingerprint density at radius 2 is 1.83 bits per heavy atom. The number of aromatic hydroxyl groups is 1. The first kappa shape index (κ1) is 16.2. The molecule has 0 unspecified atom stereocenters. The standard InChI is InChI=1S/C16H13F2N3O2/c17-12-7-10(8-13(18)15(12)23)11-4-2-1-3-9(11)5-6-14(22)21-16(19)20/h1-8,23H,(H4,19,20,21,22)/b6-5+. The molecule has 2 aromatic rings. The summed E-state index contributed by atoms with van der Waals surface area (Å²) >= 11 is 0. The fourth-order valence-electron chi connectivity index (χ4n) is 1.97. The maximum absolute atomic E-state index is 13.5. The highest BCUT2D eigenvalue weighted by Crippen LogP contribution is 2.30. The molecule has 0 spiro atoms. The van der Waals surface area contributed by atoms with Gasteiger partial charge < -0.3 is 10.8 Å². The van der Waals surface area contributed by atoms with E-state index in [1.165, 1.54) is 6.08 Å². The Labute approximate surface area is 130 Å². The number of carbonyl (C=O) groups is 1. The molecule has 0 aliphatic rings. The number of rotatable bonds is 3. The van der Waals surface area contributed by atoms with Crippen LogP contribution in [0.15, 0.2) is 42.5 Å². The van der Waals surface area contributed by atoms with Crippen molar-refractivity contribution in [3.8, 4) is 16.9 Å². The highest BCUT2D eigenvalue weighted by molar-refractivity contribution is 6.02. The van der Waals surface area contributed by atoms with E-state index in [0.29, 0.717) is 11.1 Å². The van der Waals surface area contributed by atoms with Crippen LogP contribution in [-0.2, 0) is 4.79 Å². The van der Waals surface area contributed by atoms with E-state index in [0.717, 1.165) is 18.2 Å². The number of nitrogens with one attached hydrogen (secondary N) is 2. The van der Waals surface area contributed by atoms with Crippen LogP contribution < -0.4 is 11.1 Å². The van der Waals surface area contributed by atoms with Crippen molar-refractivity contribution in [2.75, 3.05) is 0 Å². The van der Waals surface area contributed by atoms with Crippen molar-refractivity contribution in [1.29, 1.82) is 5.41 Å². The summed E-state index contributed by atoms with van der Waals surface area (Å²) < 4.78 is 27.0. The molecule has 2 aromatic carbocycles. The monoisotopic (exact) mass is 317 g/mol. The molecule has 0 aliphatic carbocycles. The number of hydrogen-bond donors (Lipinski definition) is 4. The lowest BCUT2D eigenvalue weighted by atomic mass is 9.99. The molecule has 0 bridgehead atoms. The van der Waals surface area contributed by atoms with Gasteiger partial charge in [-0.1, -0.05) is 24.3 Å². The lowest BCUT2D eigenvalue weighted by Gasteiger charge is -2.08. The van der Waals surface area contributed by atoms with E-state index in [1.807, 2.05) is 0 Å². The van der Waals surface area contributed by atoms with Crippen molar-refractivity contribution >= 4 is 17.9 Å². The predicted molar refractivity (Wildman–Crippen MR) is 82.5 cm³/mol. The molecule has 118 valence electrons. The predicted octanol–water partition coefficient (Wildman–Crippen LogP) is 2.36. The van der Waals surface area contributed by atoms with Crippen LogP contribution in [0.3, 0.4) is 0 Å². The second-order valence-corrected chi connectivity index (χ2v) is 4.61. The number of amides is 1. The van der Waals surface area contributed by atoms with E-state index in [4.69, 9.17) is 16.2 Å². The molecular formula is C16H13F2N3O2. The van der Waals surface area contributed by atoms with Crippen LogP contribution in [0.25, 0.3) is 17.2 Å².